The van der Waals surface area contributed by atoms with Gasteiger partial charge in [0.2, 0.25) is 5.75 Å². The molecule has 0 aliphatic heterocycles. The van der Waals surface area contributed by atoms with Crippen LogP contribution in [0.4, 0.5) is 0 Å². The van der Waals surface area contributed by atoms with Gasteiger partial charge in [-0.1, -0.05) is 52.4 Å². The number of ether oxygens (including phenoxy) is 2. The van der Waals surface area contributed by atoms with E-state index < -0.39 is 0 Å². The first kappa shape index (κ1) is 21.1. The summed E-state index contributed by atoms with van der Waals surface area (Å²) in [6, 6.07) is 5.38. The molecule has 5 heteroatoms. The van der Waals surface area contributed by atoms with Crippen LogP contribution >= 0.6 is 0 Å². The van der Waals surface area contributed by atoms with E-state index in [1.807, 2.05) is 0 Å². The molecule has 0 spiro atoms. The highest BCUT2D eigenvalue weighted by molar-refractivity contribution is 5.88. The van der Waals surface area contributed by atoms with Crippen LogP contribution in [0.25, 0.3) is 10.9 Å². The van der Waals surface area contributed by atoms with Crippen molar-refractivity contribution in [2.24, 2.45) is 0 Å². The van der Waals surface area contributed by atoms with Crippen molar-refractivity contribution in [3.63, 3.8) is 0 Å². The molecule has 0 saturated heterocycles. The van der Waals surface area contributed by atoms with Gasteiger partial charge >= 0.3 is 0 Å². The van der Waals surface area contributed by atoms with E-state index in [-0.39, 0.29) is 17.1 Å². The van der Waals surface area contributed by atoms with Gasteiger partial charge in [-0.25, -0.2) is 0 Å². The van der Waals surface area contributed by atoms with Crippen LogP contribution in [0.3, 0.4) is 0 Å². The summed E-state index contributed by atoms with van der Waals surface area (Å²) in [7, 11) is 1.60. The Morgan fingerprint density at radius 3 is 2.37 bits per heavy atom. The third kappa shape index (κ3) is 5.41. The summed E-state index contributed by atoms with van der Waals surface area (Å²) in [6.07, 6.45) is 8.52. The molecule has 1 aromatic carbocycles. The van der Waals surface area contributed by atoms with Crippen LogP contribution in [0.1, 0.15) is 65.2 Å². The summed E-state index contributed by atoms with van der Waals surface area (Å²) in [5.41, 5.74) is 0.423. The van der Waals surface area contributed by atoms with E-state index in [2.05, 4.69) is 13.8 Å². The summed E-state index contributed by atoms with van der Waals surface area (Å²) < 4.78 is 12.8. The molecule has 5 nitrogen and oxygen atoms in total. The minimum atomic E-state index is -0.264. The van der Waals surface area contributed by atoms with E-state index in [0.29, 0.717) is 29.8 Å². The molecule has 2 rings (SSSR count). The minimum absolute atomic E-state index is 0.0691. The van der Waals surface area contributed by atoms with Gasteiger partial charge in [0.1, 0.15) is 5.75 Å². The molecule has 0 unspecified atom stereocenters. The van der Waals surface area contributed by atoms with Gasteiger partial charge in [0, 0.05) is 18.0 Å². The number of methoxy groups -OCH3 is 1. The maximum absolute atomic E-state index is 13.0. The molecule has 0 amide bonds. The first-order valence-corrected chi connectivity index (χ1v) is 10.2. The fourth-order valence-electron chi connectivity index (χ4n) is 3.27. The van der Waals surface area contributed by atoms with Crippen LogP contribution in [0.15, 0.2) is 23.0 Å². The zero-order chi connectivity index (χ0) is 19.6. The molecule has 27 heavy (non-hydrogen) atoms. The van der Waals surface area contributed by atoms with Crippen LogP contribution in [0.2, 0.25) is 0 Å². The van der Waals surface area contributed by atoms with Gasteiger partial charge in [0.05, 0.1) is 19.2 Å². The second-order valence-electron chi connectivity index (χ2n) is 6.99. The summed E-state index contributed by atoms with van der Waals surface area (Å²) in [5.74, 6) is 0.662. The maximum atomic E-state index is 13.0. The number of unbranched alkanes of at least 4 members (excludes halogenated alkanes) is 6. The molecule has 0 atom stereocenters. The van der Waals surface area contributed by atoms with Gasteiger partial charge in [-0.05, 0) is 25.0 Å². The monoisotopic (exact) mass is 375 g/mol. The highest BCUT2D eigenvalue weighted by atomic mass is 16.5. The lowest BCUT2D eigenvalue weighted by Gasteiger charge is -2.16. The average Bonchev–Trinajstić information content (AvgIpc) is 2.69. The quantitative estimate of drug-likeness (QED) is 0.514. The molecule has 0 bridgehead atoms. The van der Waals surface area contributed by atoms with Crippen molar-refractivity contribution in [2.45, 2.75) is 71.8 Å². The van der Waals surface area contributed by atoms with Crippen molar-refractivity contribution in [2.75, 3.05) is 13.7 Å². The third-order valence-corrected chi connectivity index (χ3v) is 4.88. The highest BCUT2D eigenvalue weighted by Crippen LogP contribution is 2.33. The zero-order valence-corrected chi connectivity index (χ0v) is 16.9. The van der Waals surface area contributed by atoms with Gasteiger partial charge in [-0.15, -0.1) is 0 Å². The number of benzene rings is 1. The molecular formula is C22H33NO4. The zero-order valence-electron chi connectivity index (χ0n) is 16.9. The Bertz CT molecular complexity index is 782. The Morgan fingerprint density at radius 1 is 1.00 bits per heavy atom. The van der Waals surface area contributed by atoms with Crippen molar-refractivity contribution in [1.82, 2.24) is 4.57 Å². The number of aromatic hydroxyl groups is 1. The van der Waals surface area contributed by atoms with E-state index in [1.165, 1.54) is 0 Å². The number of aromatic nitrogens is 1. The summed E-state index contributed by atoms with van der Waals surface area (Å²) in [5, 5.41) is 11.3. The number of pyridine rings is 1. The van der Waals surface area contributed by atoms with Crippen molar-refractivity contribution in [3.8, 4) is 17.2 Å². The molecule has 1 heterocycles. The molecule has 1 N–H and O–H groups in total. The standard InChI is InChI=1S/C22H33NO4/c1-4-6-8-10-14-23-19-16-17(26-3)12-13-18(19)20(24)21(22(23)25)27-15-11-9-7-5-2/h12-13,16,24H,4-11,14-15H2,1-3H3. The summed E-state index contributed by atoms with van der Waals surface area (Å²) >= 11 is 0. The van der Waals surface area contributed by atoms with Crippen molar-refractivity contribution in [3.05, 3.63) is 28.6 Å². The van der Waals surface area contributed by atoms with Crippen LogP contribution in [0.5, 0.6) is 17.2 Å². The van der Waals surface area contributed by atoms with Crippen molar-refractivity contribution < 1.29 is 14.6 Å². The fourth-order valence-corrected chi connectivity index (χ4v) is 3.27. The number of aryl methyl sites for hydroxylation is 1. The molecule has 150 valence electrons. The molecule has 2 aromatic rings. The lowest BCUT2D eigenvalue weighted by molar-refractivity contribution is 0.284. The van der Waals surface area contributed by atoms with Gasteiger partial charge in [-0.3, -0.25) is 4.79 Å². The van der Waals surface area contributed by atoms with E-state index in [1.54, 1.807) is 29.9 Å². The van der Waals surface area contributed by atoms with Gasteiger partial charge < -0.3 is 19.1 Å². The maximum Gasteiger partial charge on any atom is 0.297 e. The van der Waals surface area contributed by atoms with Crippen LogP contribution < -0.4 is 15.0 Å². The third-order valence-electron chi connectivity index (χ3n) is 4.88. The predicted molar refractivity (Wildman–Crippen MR) is 110 cm³/mol. The van der Waals surface area contributed by atoms with Crippen molar-refractivity contribution in [1.29, 1.82) is 0 Å². The topological polar surface area (TPSA) is 60.7 Å². The lowest BCUT2D eigenvalue weighted by Crippen LogP contribution is -2.23. The SMILES string of the molecule is CCCCCCOc1c(O)c2ccc(OC)cc2n(CCCCCC)c1=O. The molecule has 0 aliphatic rings. The van der Waals surface area contributed by atoms with Crippen LogP contribution in [0, 0.1) is 0 Å². The number of nitrogens with zero attached hydrogens (tertiary/aromatic N) is 1. The normalized spacial score (nSPS) is 11.1. The van der Waals surface area contributed by atoms with E-state index in [0.717, 1.165) is 51.4 Å². The van der Waals surface area contributed by atoms with Crippen LogP contribution in [-0.2, 0) is 6.54 Å². The van der Waals surface area contributed by atoms with Crippen LogP contribution in [-0.4, -0.2) is 23.4 Å². The Morgan fingerprint density at radius 2 is 1.70 bits per heavy atom. The Labute approximate surface area is 161 Å². The lowest BCUT2D eigenvalue weighted by atomic mass is 10.1. The molecule has 0 fully saturated rings. The fraction of sp³-hybridized carbons (Fsp3) is 0.591. The Kier molecular flexibility index (Phi) is 8.49. The first-order chi connectivity index (χ1) is 13.1. The molecule has 0 aliphatic carbocycles. The number of hydrogen-bond donors (Lipinski definition) is 1. The first-order valence-electron chi connectivity index (χ1n) is 10.2. The second kappa shape index (κ2) is 10.9. The van der Waals surface area contributed by atoms with E-state index in [4.69, 9.17) is 9.47 Å². The summed E-state index contributed by atoms with van der Waals surface area (Å²) in [6.45, 7) is 5.37. The number of fused-ring (bicyclic) bond motifs is 1. The summed E-state index contributed by atoms with van der Waals surface area (Å²) in [4.78, 5) is 13.0. The molecule has 1 aromatic heterocycles. The predicted octanol–water partition coefficient (Wildman–Crippen LogP) is 5.26. The Hall–Kier alpha value is -2.17. The molecule has 0 radical (unpaired) electrons. The van der Waals surface area contributed by atoms with E-state index >= 15 is 0 Å². The highest BCUT2D eigenvalue weighted by Gasteiger charge is 2.18. The van der Waals surface area contributed by atoms with Crippen molar-refractivity contribution >= 4 is 10.9 Å². The molecule has 0 saturated carbocycles. The Balaban J connectivity index is 2.36. The smallest absolute Gasteiger partial charge is 0.297 e. The van der Waals surface area contributed by atoms with E-state index in [9.17, 15) is 9.90 Å². The minimum Gasteiger partial charge on any atom is -0.504 e. The largest absolute Gasteiger partial charge is 0.504 e. The van der Waals surface area contributed by atoms with Gasteiger partial charge in [0.15, 0.2) is 5.75 Å². The second-order valence-corrected chi connectivity index (χ2v) is 6.99. The van der Waals surface area contributed by atoms with Gasteiger partial charge in [0.25, 0.3) is 5.56 Å². The molecular weight excluding hydrogens is 342 g/mol. The number of hydrogen-bond acceptors (Lipinski definition) is 4. The number of rotatable bonds is 12. The average molecular weight is 376 g/mol. The van der Waals surface area contributed by atoms with Gasteiger partial charge in [-0.2, -0.15) is 0 Å².